The Bertz CT molecular complexity index is 534. The van der Waals surface area contributed by atoms with Gasteiger partial charge in [-0.1, -0.05) is 0 Å². The van der Waals surface area contributed by atoms with Gasteiger partial charge in [-0.25, -0.2) is 16.8 Å². The zero-order valence-corrected chi connectivity index (χ0v) is 12.4. The van der Waals surface area contributed by atoms with Crippen molar-refractivity contribution in [3.05, 3.63) is 0 Å². The van der Waals surface area contributed by atoms with Crippen LogP contribution in [-0.2, 0) is 37.6 Å². The smallest absolute Gasteiger partial charge is 0.743 e. The van der Waals surface area contributed by atoms with E-state index in [1.165, 1.54) is 0 Å². The van der Waals surface area contributed by atoms with Crippen LogP contribution in [0.5, 0.6) is 0 Å². The van der Waals surface area contributed by atoms with Gasteiger partial charge in [-0.05, 0) is 0 Å². The van der Waals surface area contributed by atoms with Crippen LogP contribution in [0.3, 0.4) is 0 Å². The van der Waals surface area contributed by atoms with E-state index in [0.717, 1.165) is 0 Å². The summed E-state index contributed by atoms with van der Waals surface area (Å²) < 4.78 is 167. The second-order valence-corrected chi connectivity index (χ2v) is 5.78. The fourth-order valence-corrected chi connectivity index (χ4v) is 0.850. The summed E-state index contributed by atoms with van der Waals surface area (Å²) in [6, 6.07) is 0. The Kier molecular flexibility index (Phi) is 8.69. The Hall–Kier alpha value is -0.348. The number of rotatable bonds is 2. The quantitative estimate of drug-likeness (QED) is 0.464. The van der Waals surface area contributed by atoms with Crippen LogP contribution in [0.25, 0.3) is 0 Å². The first-order valence-electron chi connectivity index (χ1n) is 3.80. The summed E-state index contributed by atoms with van der Waals surface area (Å²) in [5, 5.41) is -12.4. The van der Waals surface area contributed by atoms with Gasteiger partial charge in [-0.3, -0.25) is 0 Å². The Morgan fingerprint density at radius 1 is 0.522 bits per heavy atom. The van der Waals surface area contributed by atoms with Crippen molar-refractivity contribution in [1.29, 1.82) is 0 Å². The van der Waals surface area contributed by atoms with E-state index in [2.05, 4.69) is 0 Å². The Morgan fingerprint density at radius 3 is 0.652 bits per heavy atom. The molecular weight excluding hydrogens is 450 g/mol. The molecule has 0 aromatic rings. The van der Waals surface area contributed by atoms with Gasteiger partial charge in [0.2, 0.25) is 0 Å². The van der Waals surface area contributed by atoms with Crippen LogP contribution in [0, 0.1) is 0 Å². The molecule has 0 aliphatic rings. The summed E-state index contributed by atoms with van der Waals surface area (Å²) in [5.41, 5.74) is 0. The first kappa shape index (κ1) is 27.5. The molecule has 0 aromatic heterocycles. The summed E-state index contributed by atoms with van der Waals surface area (Å²) in [6.07, 6.45) is -12.7. The van der Waals surface area contributed by atoms with E-state index in [1.54, 1.807) is 0 Å². The normalized spacial score (nSPS) is 14.4. The second-order valence-electron chi connectivity index (χ2n) is 2.94. The fourth-order valence-electron chi connectivity index (χ4n) is 0.283. The summed E-state index contributed by atoms with van der Waals surface area (Å²) in [4.78, 5) is 0. The van der Waals surface area contributed by atoms with Crippen LogP contribution in [0.15, 0.2) is 0 Å². The third-order valence-corrected chi connectivity index (χ3v) is 3.01. The predicted octanol–water partition coefficient (Wildman–Crippen LogP) is 1.37. The Labute approximate surface area is 131 Å². The minimum atomic E-state index is -6.67. The van der Waals surface area contributed by atoms with Crippen molar-refractivity contribution in [2.45, 2.75) is 22.9 Å². The van der Waals surface area contributed by atoms with Gasteiger partial charge in [0.25, 0.3) is 0 Å². The van der Waals surface area contributed by atoms with E-state index >= 15 is 0 Å². The molecule has 0 unspecified atom stereocenters. The van der Waals surface area contributed by atoms with Crippen LogP contribution in [0.1, 0.15) is 0 Å². The molecule has 0 radical (unpaired) electrons. The Morgan fingerprint density at radius 2 is 0.652 bits per heavy atom. The van der Waals surface area contributed by atoms with E-state index in [-0.39, 0.29) is 17.4 Å². The zero-order chi connectivity index (χ0) is 19.0. The minimum Gasteiger partial charge on any atom is -0.743 e. The van der Waals surface area contributed by atoms with E-state index in [9.17, 15) is 69.8 Å². The average molecular weight is 450 g/mol. The van der Waals surface area contributed by atoms with Crippen LogP contribution in [0.2, 0.25) is 0 Å². The molecule has 140 valence electrons. The van der Waals surface area contributed by atoms with Gasteiger partial charge < -0.3 is 9.11 Å². The minimum absolute atomic E-state index is 0. The number of hydrogen-bond donors (Lipinski definition) is 0. The van der Waals surface area contributed by atoms with Gasteiger partial charge in [0.15, 0.2) is 20.2 Å². The number of hydrogen-bond acceptors (Lipinski definition) is 6. The van der Waals surface area contributed by atoms with Crippen molar-refractivity contribution in [1.82, 2.24) is 0 Å². The molecule has 6 nitrogen and oxygen atoms in total. The molecule has 0 heterocycles. The molecule has 0 N–H and O–H groups in total. The standard InChI is InChI=1S/2C2HF5O3S.Cr/c2*3-1(4,5)2(6,7)11(8,9)10;/h2*(H,8,9,10);/q;;+2/p-2. The van der Waals surface area contributed by atoms with Crippen molar-refractivity contribution in [3.8, 4) is 0 Å². The van der Waals surface area contributed by atoms with Gasteiger partial charge in [-0.15, -0.1) is 0 Å². The molecule has 0 rings (SSSR count). The summed E-state index contributed by atoms with van der Waals surface area (Å²) in [5.74, 6) is 0. The second kappa shape index (κ2) is 7.27. The average Bonchev–Trinajstić information content (AvgIpc) is 2.10. The molecule has 0 bridgehead atoms. The van der Waals surface area contributed by atoms with E-state index in [0.29, 0.717) is 0 Å². The third-order valence-electron chi connectivity index (χ3n) is 1.29. The van der Waals surface area contributed by atoms with Crippen molar-refractivity contribution in [2.24, 2.45) is 0 Å². The molecule has 0 amide bonds. The van der Waals surface area contributed by atoms with E-state index < -0.39 is 43.1 Å². The van der Waals surface area contributed by atoms with Crippen LogP contribution >= 0.6 is 0 Å². The molecule has 0 aliphatic heterocycles. The maximum Gasteiger partial charge on any atom is 2.00 e. The van der Waals surface area contributed by atoms with Gasteiger partial charge in [-0.2, -0.15) is 43.9 Å². The number of halogens is 10. The van der Waals surface area contributed by atoms with Crippen molar-refractivity contribution < 1.29 is 87.2 Å². The third kappa shape index (κ3) is 6.58. The topological polar surface area (TPSA) is 114 Å². The first-order valence-corrected chi connectivity index (χ1v) is 6.61. The van der Waals surface area contributed by atoms with Gasteiger partial charge in [0.1, 0.15) is 0 Å². The van der Waals surface area contributed by atoms with Crippen LogP contribution in [-0.4, -0.2) is 48.8 Å². The molecule has 0 aliphatic carbocycles. The van der Waals surface area contributed by atoms with Crippen LogP contribution < -0.4 is 0 Å². The van der Waals surface area contributed by atoms with E-state index in [1.807, 2.05) is 0 Å². The molecule has 0 saturated heterocycles. The monoisotopic (exact) mass is 450 g/mol. The molecule has 23 heavy (non-hydrogen) atoms. The molecule has 0 spiro atoms. The molecule has 0 aromatic carbocycles. The molecular formula is C4CrF10O6S2. The molecule has 0 atom stereocenters. The molecule has 19 heteroatoms. The summed E-state index contributed by atoms with van der Waals surface area (Å²) >= 11 is 0. The van der Waals surface area contributed by atoms with E-state index in [4.69, 9.17) is 0 Å². The predicted molar refractivity (Wildman–Crippen MR) is 41.4 cm³/mol. The number of alkyl halides is 10. The van der Waals surface area contributed by atoms with Crippen molar-refractivity contribution in [3.63, 3.8) is 0 Å². The maximum absolute atomic E-state index is 11.4. The van der Waals surface area contributed by atoms with Crippen LogP contribution in [0.4, 0.5) is 43.9 Å². The zero-order valence-electron chi connectivity index (χ0n) is 9.45. The summed E-state index contributed by atoms with van der Waals surface area (Å²) in [7, 11) is -13.3. The maximum atomic E-state index is 11.4. The van der Waals surface area contributed by atoms with Crippen molar-refractivity contribution >= 4 is 20.2 Å². The largest absolute Gasteiger partial charge is 2.00 e. The molecule has 0 saturated carbocycles. The summed E-state index contributed by atoms with van der Waals surface area (Å²) in [6.45, 7) is 0. The van der Waals surface area contributed by atoms with Crippen molar-refractivity contribution in [2.75, 3.05) is 0 Å². The van der Waals surface area contributed by atoms with Gasteiger partial charge in [0, 0.05) is 0 Å². The van der Waals surface area contributed by atoms with Gasteiger partial charge in [0.05, 0.1) is 0 Å². The Balaban J connectivity index is -0.000000333. The first-order chi connectivity index (χ1) is 9.00. The van der Waals surface area contributed by atoms with Gasteiger partial charge >= 0.3 is 40.2 Å². The molecule has 0 fully saturated rings. The fraction of sp³-hybridized carbons (Fsp3) is 1.00. The SMILES string of the molecule is O=S(=O)([O-])C(F)(F)C(F)(F)F.O=S(=O)([O-])C(F)(F)C(F)(F)F.[Cr+2].